The van der Waals surface area contributed by atoms with Gasteiger partial charge < -0.3 is 9.11 Å². The standard InChI is InChI=1S/AsH3.Cu.H2O4S/c;;1-5(2,3)4/h1H3;;(H2,1,2,3,4)/q;+2;/p-2. The molecular formula is H3AsCuO4S. The Morgan fingerprint density at radius 2 is 1.14 bits per heavy atom. The fourth-order valence-corrected chi connectivity index (χ4v) is 0. The Balaban J connectivity index is -0.0000000800. The predicted molar refractivity (Wildman–Crippen MR) is 20.4 cm³/mol. The maximum atomic E-state index is 8.52. The van der Waals surface area contributed by atoms with Crippen molar-refractivity contribution in [2.24, 2.45) is 0 Å². The molecule has 49 valence electrons. The van der Waals surface area contributed by atoms with Gasteiger partial charge in [-0.05, 0) is 0 Å². The van der Waals surface area contributed by atoms with E-state index in [1.54, 1.807) is 0 Å². The van der Waals surface area contributed by atoms with Crippen LogP contribution >= 0.6 is 0 Å². The van der Waals surface area contributed by atoms with Gasteiger partial charge in [0, 0.05) is 10.4 Å². The molecular weight excluding hydrogens is 235 g/mol. The van der Waals surface area contributed by atoms with Gasteiger partial charge in [0.1, 0.15) is 0 Å². The van der Waals surface area contributed by atoms with Crippen LogP contribution in [0.4, 0.5) is 0 Å². The van der Waals surface area contributed by atoms with Crippen LogP contribution in [0.3, 0.4) is 0 Å². The van der Waals surface area contributed by atoms with Gasteiger partial charge in [-0.2, -0.15) is 0 Å². The van der Waals surface area contributed by atoms with E-state index in [2.05, 4.69) is 0 Å². The van der Waals surface area contributed by atoms with E-state index in [0.29, 0.717) is 0 Å². The van der Waals surface area contributed by atoms with Crippen LogP contribution in [0, 0.1) is 0 Å². The second kappa shape index (κ2) is 5.09. The molecule has 0 aromatic rings. The smallest absolute Gasteiger partial charge is 2.00 e. The van der Waals surface area contributed by atoms with Crippen molar-refractivity contribution in [3.8, 4) is 0 Å². The first-order valence-electron chi connectivity index (χ1n) is 0.667. The minimum Gasteiger partial charge on any atom is 2.00 e. The van der Waals surface area contributed by atoms with Crippen LogP contribution in [-0.2, 0) is 27.5 Å². The fourth-order valence-electron chi connectivity index (χ4n) is 0. The summed E-state index contributed by atoms with van der Waals surface area (Å²) in [6.07, 6.45) is 0. The summed E-state index contributed by atoms with van der Waals surface area (Å²) in [5.74, 6) is 0. The number of rotatable bonds is 0. The molecule has 1 unspecified atom stereocenters. The van der Waals surface area contributed by atoms with Gasteiger partial charge in [0.25, 0.3) is 0 Å². The molecule has 0 amide bonds. The van der Waals surface area contributed by atoms with Crippen LogP contribution in [0.2, 0.25) is 0 Å². The molecule has 0 aromatic heterocycles. The first-order chi connectivity index (χ1) is 2.00. The molecule has 0 saturated heterocycles. The van der Waals surface area contributed by atoms with E-state index in [1.165, 1.54) is 0 Å². The molecule has 4 nitrogen and oxygen atoms in total. The molecule has 0 aliphatic heterocycles. The summed E-state index contributed by atoms with van der Waals surface area (Å²) < 4.78 is 34.1. The van der Waals surface area contributed by atoms with Gasteiger partial charge in [-0.1, -0.05) is 0 Å². The summed E-state index contributed by atoms with van der Waals surface area (Å²) in [7, 11) is -5.17. The van der Waals surface area contributed by atoms with E-state index in [0.717, 1.165) is 0 Å². The third kappa shape index (κ3) is 189. The summed E-state index contributed by atoms with van der Waals surface area (Å²) in [6, 6.07) is 0. The van der Waals surface area contributed by atoms with Gasteiger partial charge in [0.2, 0.25) is 0 Å². The zero-order valence-electron chi connectivity index (χ0n) is 3.05. The quantitative estimate of drug-likeness (QED) is 0.264. The van der Waals surface area contributed by atoms with Gasteiger partial charge in [-0.25, -0.2) is 0 Å². The minimum atomic E-state index is -5.17. The van der Waals surface area contributed by atoms with Crippen LogP contribution in [0.15, 0.2) is 0 Å². The third-order valence-corrected chi connectivity index (χ3v) is 0. The fraction of sp³-hybridized carbons (Fsp3) is 0. The van der Waals surface area contributed by atoms with Gasteiger partial charge >= 0.3 is 35.0 Å². The first-order valence-corrected chi connectivity index (χ1v) is 2.00. The van der Waals surface area contributed by atoms with Crippen molar-refractivity contribution >= 4 is 28.4 Å². The van der Waals surface area contributed by atoms with Crippen molar-refractivity contribution in [1.29, 1.82) is 0 Å². The molecule has 1 atom stereocenters. The van der Waals surface area contributed by atoms with Crippen molar-refractivity contribution in [1.82, 2.24) is 0 Å². The van der Waals surface area contributed by atoms with Gasteiger partial charge in [-0.15, -0.1) is 0 Å². The normalized spacial score (nSPS) is 8.29. The van der Waals surface area contributed by atoms with E-state index >= 15 is 0 Å². The largest absolute Gasteiger partial charge is 2.00 e. The van der Waals surface area contributed by atoms with Gasteiger partial charge in [0.05, 0.1) is 0 Å². The summed E-state index contributed by atoms with van der Waals surface area (Å²) in [4.78, 5) is 0. The Bertz CT molecular complexity index is 94.9. The molecule has 0 saturated carbocycles. The first kappa shape index (κ1) is 15.7. The SMILES string of the molecule is O=S(=O)([O-])[O-].[AsH3].[Cu+2]. The number of hydrogen-bond donors (Lipinski definition) is 0. The average Bonchev–Trinajstić information content (AvgIpc) is 0.722. The van der Waals surface area contributed by atoms with Crippen LogP contribution in [0.5, 0.6) is 0 Å². The molecule has 0 fully saturated rings. The second-order valence-electron chi connectivity index (χ2n) is 0.408. The number of hydrogen-bond acceptors (Lipinski definition) is 4. The molecule has 0 aliphatic carbocycles. The molecule has 7 heteroatoms. The van der Waals surface area contributed by atoms with Gasteiger partial charge in [0.15, 0.2) is 0 Å². The van der Waals surface area contributed by atoms with Crippen molar-refractivity contribution in [3.63, 3.8) is 0 Å². The van der Waals surface area contributed by atoms with Crippen LogP contribution in [0.1, 0.15) is 0 Å². The van der Waals surface area contributed by atoms with E-state index in [-0.39, 0.29) is 35.0 Å². The Kier molecular flexibility index (Phi) is 11.4. The van der Waals surface area contributed by atoms with Gasteiger partial charge in [-0.3, -0.25) is 8.42 Å². The molecule has 0 spiro atoms. The summed E-state index contributed by atoms with van der Waals surface area (Å²) in [5, 5.41) is 0. The Labute approximate surface area is 63.0 Å². The monoisotopic (exact) mass is 237 g/mol. The molecule has 7 heavy (non-hydrogen) atoms. The van der Waals surface area contributed by atoms with E-state index in [4.69, 9.17) is 17.5 Å². The summed E-state index contributed by atoms with van der Waals surface area (Å²) in [5.41, 5.74) is 0. The molecule has 0 bridgehead atoms. The summed E-state index contributed by atoms with van der Waals surface area (Å²) >= 11 is 0. The maximum Gasteiger partial charge on any atom is 2.00 e. The molecule has 0 aliphatic rings. The van der Waals surface area contributed by atoms with Crippen molar-refractivity contribution in [2.45, 2.75) is 0 Å². The van der Waals surface area contributed by atoms with E-state index < -0.39 is 10.4 Å². The zero-order chi connectivity index (χ0) is 4.50. The summed E-state index contributed by atoms with van der Waals surface area (Å²) in [6.45, 7) is 0. The predicted octanol–water partition coefficient (Wildman–Crippen LogP) is -2.52. The Morgan fingerprint density at radius 3 is 1.14 bits per heavy atom. The average molecular weight is 238 g/mol. The van der Waals surface area contributed by atoms with Crippen LogP contribution < -0.4 is 0 Å². The molecule has 0 N–H and O–H groups in total. The van der Waals surface area contributed by atoms with Crippen LogP contribution in [-0.4, -0.2) is 35.5 Å². The maximum absolute atomic E-state index is 8.52. The van der Waals surface area contributed by atoms with Crippen molar-refractivity contribution < 1.29 is 34.6 Å². The Morgan fingerprint density at radius 1 is 1.14 bits per heavy atom. The van der Waals surface area contributed by atoms with E-state index in [9.17, 15) is 0 Å². The zero-order valence-corrected chi connectivity index (χ0v) is 7.78. The minimum absolute atomic E-state index is 0. The topological polar surface area (TPSA) is 80.3 Å². The Hall–Kier alpha value is 0.948. The third-order valence-electron chi connectivity index (χ3n) is 0. The molecule has 1 radical (unpaired) electrons. The van der Waals surface area contributed by atoms with E-state index in [1.807, 2.05) is 0 Å². The molecule has 0 rings (SSSR count). The second-order valence-corrected chi connectivity index (χ2v) is 1.22. The van der Waals surface area contributed by atoms with Crippen molar-refractivity contribution in [3.05, 3.63) is 0 Å². The molecule has 0 aromatic carbocycles. The van der Waals surface area contributed by atoms with Crippen LogP contribution in [0.25, 0.3) is 0 Å². The van der Waals surface area contributed by atoms with Crippen molar-refractivity contribution in [2.75, 3.05) is 0 Å². The molecule has 0 heterocycles.